The van der Waals surface area contributed by atoms with Crippen molar-refractivity contribution in [1.82, 2.24) is 15.0 Å². The topological polar surface area (TPSA) is 68.2 Å². The zero-order valence-electron chi connectivity index (χ0n) is 14.0. The molecule has 2 amide bonds. The summed E-state index contributed by atoms with van der Waals surface area (Å²) in [5.74, 6) is 0.970. The fourth-order valence-electron chi connectivity index (χ4n) is 2.38. The van der Waals surface area contributed by atoms with Crippen molar-refractivity contribution >= 4 is 11.7 Å². The van der Waals surface area contributed by atoms with E-state index in [-0.39, 0.29) is 0 Å². The summed E-state index contributed by atoms with van der Waals surface area (Å²) in [5.41, 5.74) is 5.20. The molecule has 0 aliphatic rings. The van der Waals surface area contributed by atoms with Crippen molar-refractivity contribution < 1.29 is 9.63 Å². The van der Waals surface area contributed by atoms with E-state index in [1.807, 2.05) is 67.7 Å². The lowest BCUT2D eigenvalue weighted by atomic mass is 10.2. The largest absolute Gasteiger partial charge is 0.343 e. The first kappa shape index (κ1) is 16.7. The number of urea groups is 1. The molecule has 0 saturated heterocycles. The molecule has 0 aliphatic heterocycles. The van der Waals surface area contributed by atoms with Gasteiger partial charge in [-0.3, -0.25) is 4.84 Å². The van der Waals surface area contributed by atoms with Crippen molar-refractivity contribution in [3.8, 4) is 0 Å². The highest BCUT2D eigenvalue weighted by Crippen LogP contribution is 2.11. The second kappa shape index (κ2) is 8.12. The van der Waals surface area contributed by atoms with Gasteiger partial charge < -0.3 is 9.88 Å². The molecule has 3 aromatic rings. The van der Waals surface area contributed by atoms with Crippen molar-refractivity contribution in [1.29, 1.82) is 0 Å². The Labute approximate surface area is 146 Å². The van der Waals surface area contributed by atoms with E-state index in [9.17, 15) is 4.79 Å². The smallest absolute Gasteiger partial charge is 0.331 e. The molecular weight excluding hydrogens is 316 g/mol. The third-order valence-electron chi connectivity index (χ3n) is 3.73. The van der Waals surface area contributed by atoms with Crippen LogP contribution < -0.4 is 10.8 Å². The van der Waals surface area contributed by atoms with Crippen molar-refractivity contribution in [3.05, 3.63) is 83.9 Å². The van der Waals surface area contributed by atoms with Crippen molar-refractivity contribution in [3.63, 3.8) is 0 Å². The lowest BCUT2D eigenvalue weighted by Gasteiger charge is -2.09. The highest BCUT2D eigenvalue weighted by Gasteiger charge is 2.03. The number of rotatable bonds is 6. The number of hydrogen-bond acceptors (Lipinski definition) is 3. The van der Waals surface area contributed by atoms with Crippen LogP contribution in [0.3, 0.4) is 0 Å². The predicted octanol–water partition coefficient (Wildman–Crippen LogP) is 3.49. The van der Waals surface area contributed by atoms with E-state index < -0.39 is 6.03 Å². The van der Waals surface area contributed by atoms with Gasteiger partial charge in [-0.05, 0) is 30.2 Å². The first-order valence-electron chi connectivity index (χ1n) is 8.00. The predicted molar refractivity (Wildman–Crippen MR) is 95.9 cm³/mol. The number of aryl methyl sites for hydroxylation is 1. The highest BCUT2D eigenvalue weighted by molar-refractivity contribution is 5.88. The summed E-state index contributed by atoms with van der Waals surface area (Å²) in [6.45, 7) is 3.03. The summed E-state index contributed by atoms with van der Waals surface area (Å²) in [7, 11) is 0. The molecule has 0 spiro atoms. The third-order valence-corrected chi connectivity index (χ3v) is 3.73. The number of hydroxylamine groups is 1. The number of nitrogens with zero attached hydrogens (tertiary/aromatic N) is 2. The average molecular weight is 336 g/mol. The number of carbonyl (C=O) groups is 1. The maximum Gasteiger partial charge on any atom is 0.343 e. The first-order chi connectivity index (χ1) is 12.2. The molecule has 6 nitrogen and oxygen atoms in total. The summed E-state index contributed by atoms with van der Waals surface area (Å²) in [4.78, 5) is 21.2. The minimum atomic E-state index is -0.408. The van der Waals surface area contributed by atoms with Crippen molar-refractivity contribution in [2.24, 2.45) is 0 Å². The number of anilines is 1. The Kier molecular flexibility index (Phi) is 5.43. The van der Waals surface area contributed by atoms with E-state index in [2.05, 4.69) is 20.3 Å². The molecular formula is C19H20N4O2. The van der Waals surface area contributed by atoms with Gasteiger partial charge in [0.05, 0.1) is 6.61 Å². The Morgan fingerprint density at radius 2 is 1.84 bits per heavy atom. The molecule has 0 bridgehead atoms. The van der Waals surface area contributed by atoms with E-state index in [4.69, 9.17) is 4.84 Å². The summed E-state index contributed by atoms with van der Waals surface area (Å²) in [5, 5.41) is 2.73. The molecule has 25 heavy (non-hydrogen) atoms. The van der Waals surface area contributed by atoms with Crippen LogP contribution in [0.2, 0.25) is 0 Å². The molecule has 0 atom stereocenters. The molecule has 0 aliphatic carbocycles. The Bertz CT molecular complexity index is 813. The molecule has 0 radical (unpaired) electrons. The Morgan fingerprint density at radius 3 is 2.52 bits per heavy atom. The van der Waals surface area contributed by atoms with E-state index in [1.54, 1.807) is 6.20 Å². The van der Waals surface area contributed by atoms with Crippen LogP contribution in [0.25, 0.3) is 0 Å². The molecule has 1 heterocycles. The third kappa shape index (κ3) is 4.92. The Morgan fingerprint density at radius 1 is 1.08 bits per heavy atom. The molecule has 2 aromatic carbocycles. The van der Waals surface area contributed by atoms with Gasteiger partial charge in [0.15, 0.2) is 0 Å². The number of amides is 2. The number of nitrogens with one attached hydrogen (secondary N) is 2. The van der Waals surface area contributed by atoms with Gasteiger partial charge in [-0.15, -0.1) is 0 Å². The van der Waals surface area contributed by atoms with Gasteiger partial charge >= 0.3 is 6.03 Å². The van der Waals surface area contributed by atoms with Gasteiger partial charge in [-0.25, -0.2) is 15.3 Å². The molecule has 0 saturated carbocycles. The fourth-order valence-corrected chi connectivity index (χ4v) is 2.38. The standard InChI is InChI=1S/C19H20N4O2/c1-15-20-11-12-23(15)13-16-7-9-18(10-8-16)21-19(24)22-25-14-17-5-3-2-4-6-17/h2-12H,13-14H2,1H3,(H2,21,22,24). The SMILES string of the molecule is Cc1nccn1Cc1ccc(NC(=O)NOCc2ccccc2)cc1. The van der Waals surface area contributed by atoms with Crippen LogP contribution in [-0.4, -0.2) is 15.6 Å². The van der Waals surface area contributed by atoms with E-state index in [1.165, 1.54) is 0 Å². The average Bonchev–Trinajstić information content (AvgIpc) is 3.02. The lowest BCUT2D eigenvalue weighted by Crippen LogP contribution is -2.28. The van der Waals surface area contributed by atoms with Gasteiger partial charge in [0.25, 0.3) is 0 Å². The van der Waals surface area contributed by atoms with Crippen molar-refractivity contribution in [2.75, 3.05) is 5.32 Å². The van der Waals surface area contributed by atoms with Crippen LogP contribution in [0.15, 0.2) is 67.0 Å². The van der Waals surface area contributed by atoms with Crippen LogP contribution in [0.1, 0.15) is 17.0 Å². The monoisotopic (exact) mass is 336 g/mol. The van der Waals surface area contributed by atoms with Crippen LogP contribution >= 0.6 is 0 Å². The zero-order chi connectivity index (χ0) is 17.5. The summed E-state index contributed by atoms with van der Waals surface area (Å²) < 4.78 is 2.06. The summed E-state index contributed by atoms with van der Waals surface area (Å²) >= 11 is 0. The minimum Gasteiger partial charge on any atom is -0.331 e. The second-order valence-corrected chi connectivity index (χ2v) is 5.63. The maximum atomic E-state index is 11.8. The summed E-state index contributed by atoms with van der Waals surface area (Å²) in [6, 6.07) is 16.9. The van der Waals surface area contributed by atoms with Crippen LogP contribution in [-0.2, 0) is 18.0 Å². The van der Waals surface area contributed by atoms with Gasteiger partial charge in [-0.2, -0.15) is 0 Å². The molecule has 6 heteroatoms. The molecule has 128 valence electrons. The second-order valence-electron chi connectivity index (χ2n) is 5.63. The fraction of sp³-hybridized carbons (Fsp3) is 0.158. The number of carbonyl (C=O) groups excluding carboxylic acids is 1. The maximum absolute atomic E-state index is 11.8. The van der Waals surface area contributed by atoms with Crippen molar-refractivity contribution in [2.45, 2.75) is 20.1 Å². The van der Waals surface area contributed by atoms with Gasteiger partial charge in [-0.1, -0.05) is 42.5 Å². The Balaban J connectivity index is 1.46. The molecule has 1 aromatic heterocycles. The minimum absolute atomic E-state index is 0.317. The van der Waals surface area contributed by atoms with E-state index >= 15 is 0 Å². The number of hydrogen-bond donors (Lipinski definition) is 2. The molecule has 2 N–H and O–H groups in total. The molecule has 0 fully saturated rings. The lowest BCUT2D eigenvalue weighted by molar-refractivity contribution is 0.0536. The van der Waals surface area contributed by atoms with Gasteiger partial charge in [0.2, 0.25) is 0 Å². The molecule has 0 unspecified atom stereocenters. The van der Waals surface area contributed by atoms with Crippen LogP contribution in [0.5, 0.6) is 0 Å². The van der Waals surface area contributed by atoms with E-state index in [0.717, 1.165) is 23.5 Å². The van der Waals surface area contributed by atoms with Crippen LogP contribution in [0.4, 0.5) is 10.5 Å². The van der Waals surface area contributed by atoms with Gasteiger partial charge in [0, 0.05) is 24.6 Å². The Hall–Kier alpha value is -3.12. The number of benzene rings is 2. The molecule has 3 rings (SSSR count). The quantitative estimate of drug-likeness (QED) is 0.677. The van der Waals surface area contributed by atoms with Gasteiger partial charge in [0.1, 0.15) is 5.82 Å². The van der Waals surface area contributed by atoms with E-state index in [0.29, 0.717) is 12.3 Å². The first-order valence-corrected chi connectivity index (χ1v) is 8.00. The summed E-state index contributed by atoms with van der Waals surface area (Å²) in [6.07, 6.45) is 3.73. The van der Waals surface area contributed by atoms with Crippen LogP contribution in [0, 0.1) is 6.92 Å². The number of imidazole rings is 1. The zero-order valence-corrected chi connectivity index (χ0v) is 14.0. The normalized spacial score (nSPS) is 10.4. The highest BCUT2D eigenvalue weighted by atomic mass is 16.7. The number of aromatic nitrogens is 2.